The summed E-state index contributed by atoms with van der Waals surface area (Å²) in [7, 11) is 0. The SMILES string of the molecule is CC1=C(C(=O)Nc2ccccc2)C(c2ccc(Cl)cc2)n2c(s/c(=C\c3ccc(-c4cccc(C(F)(F)F)c4)o3)c2=O)=N1. The van der Waals surface area contributed by atoms with Gasteiger partial charge in [-0.2, -0.15) is 13.2 Å². The monoisotopic (exact) mass is 619 g/mol. The first kappa shape index (κ1) is 28.4. The Morgan fingerprint density at radius 1 is 1.02 bits per heavy atom. The molecule has 0 radical (unpaired) electrons. The number of thiazole rings is 1. The molecule has 0 saturated carbocycles. The van der Waals surface area contributed by atoms with Gasteiger partial charge in [0.25, 0.3) is 11.5 Å². The number of nitrogens with one attached hydrogen (secondary N) is 1. The average Bonchev–Trinajstić information content (AvgIpc) is 3.57. The molecule has 1 aliphatic rings. The van der Waals surface area contributed by atoms with E-state index in [4.69, 9.17) is 16.0 Å². The van der Waals surface area contributed by atoms with E-state index in [1.54, 1.807) is 67.6 Å². The van der Waals surface area contributed by atoms with Crippen LogP contribution in [0.15, 0.2) is 116 Å². The van der Waals surface area contributed by atoms with E-state index in [1.165, 1.54) is 22.8 Å². The van der Waals surface area contributed by atoms with Gasteiger partial charge in [-0.3, -0.25) is 14.2 Å². The number of benzene rings is 3. The minimum absolute atomic E-state index is 0.222. The molecule has 0 fully saturated rings. The van der Waals surface area contributed by atoms with Crippen molar-refractivity contribution in [2.45, 2.75) is 19.1 Å². The summed E-state index contributed by atoms with van der Waals surface area (Å²) in [5.74, 6) is 0.0943. The quantitative estimate of drug-likeness (QED) is 0.235. The van der Waals surface area contributed by atoms with Crippen LogP contribution in [0.25, 0.3) is 17.4 Å². The summed E-state index contributed by atoms with van der Waals surface area (Å²) in [6.07, 6.45) is -2.97. The van der Waals surface area contributed by atoms with Crippen molar-refractivity contribution in [2.75, 3.05) is 5.32 Å². The topological polar surface area (TPSA) is 76.6 Å². The van der Waals surface area contributed by atoms with Crippen molar-refractivity contribution in [3.63, 3.8) is 0 Å². The number of allylic oxidation sites excluding steroid dienone is 1. The number of fused-ring (bicyclic) bond motifs is 1. The lowest BCUT2D eigenvalue weighted by Crippen LogP contribution is -2.40. The summed E-state index contributed by atoms with van der Waals surface area (Å²) in [5, 5.41) is 3.39. The molecule has 0 aliphatic carbocycles. The van der Waals surface area contributed by atoms with Gasteiger partial charge in [0.15, 0.2) is 4.80 Å². The van der Waals surface area contributed by atoms with Gasteiger partial charge in [0, 0.05) is 22.3 Å². The molecule has 1 N–H and O–H groups in total. The predicted octanol–water partition coefficient (Wildman–Crippen LogP) is 6.81. The molecule has 0 saturated heterocycles. The number of hydrogen-bond donors (Lipinski definition) is 1. The van der Waals surface area contributed by atoms with Gasteiger partial charge in [-0.05, 0) is 61.0 Å². The maximum absolute atomic E-state index is 13.9. The number of halogens is 4. The zero-order chi connectivity index (χ0) is 30.3. The van der Waals surface area contributed by atoms with Crippen molar-refractivity contribution in [3.05, 3.63) is 144 Å². The molecule has 6 rings (SSSR count). The molecule has 1 aliphatic heterocycles. The van der Waals surface area contributed by atoms with Crippen molar-refractivity contribution in [1.29, 1.82) is 0 Å². The average molecular weight is 620 g/mol. The summed E-state index contributed by atoms with van der Waals surface area (Å²) >= 11 is 7.26. The van der Waals surface area contributed by atoms with Crippen molar-refractivity contribution in [2.24, 2.45) is 4.99 Å². The van der Waals surface area contributed by atoms with E-state index in [-0.39, 0.29) is 21.6 Å². The number of aromatic nitrogens is 1. The Kier molecular flexibility index (Phi) is 7.41. The van der Waals surface area contributed by atoms with Crippen molar-refractivity contribution in [1.82, 2.24) is 4.57 Å². The molecule has 1 unspecified atom stereocenters. The van der Waals surface area contributed by atoms with Crippen LogP contribution < -0.4 is 20.2 Å². The molecular formula is C32H21ClF3N3O3S. The zero-order valence-corrected chi connectivity index (χ0v) is 23.9. The number of amides is 1. The third kappa shape index (κ3) is 5.71. The first-order valence-electron chi connectivity index (χ1n) is 13.0. The van der Waals surface area contributed by atoms with Crippen LogP contribution in [-0.2, 0) is 11.0 Å². The first-order chi connectivity index (χ1) is 20.6. The van der Waals surface area contributed by atoms with Crippen molar-refractivity contribution < 1.29 is 22.4 Å². The second-order valence-electron chi connectivity index (χ2n) is 9.73. The highest BCUT2D eigenvalue weighted by molar-refractivity contribution is 7.07. The van der Waals surface area contributed by atoms with Crippen LogP contribution in [0.3, 0.4) is 0 Å². The maximum atomic E-state index is 13.9. The summed E-state index contributed by atoms with van der Waals surface area (Å²) in [6.45, 7) is 1.72. The fraction of sp³-hybridized carbons (Fsp3) is 0.0938. The number of anilines is 1. The predicted molar refractivity (Wildman–Crippen MR) is 159 cm³/mol. The number of nitrogens with zero attached hydrogens (tertiary/aromatic N) is 2. The molecule has 1 atom stereocenters. The molecule has 0 spiro atoms. The van der Waals surface area contributed by atoms with Crippen LogP contribution >= 0.6 is 22.9 Å². The normalized spacial score (nSPS) is 15.3. The minimum atomic E-state index is -4.49. The number of carbonyl (C=O) groups is 1. The summed E-state index contributed by atoms with van der Waals surface area (Å²) in [5.41, 5.74) is 1.06. The van der Waals surface area contributed by atoms with E-state index in [0.29, 0.717) is 32.3 Å². The first-order valence-corrected chi connectivity index (χ1v) is 14.2. The number of furan rings is 1. The van der Waals surface area contributed by atoms with Crippen LogP contribution in [0, 0.1) is 0 Å². The number of rotatable bonds is 5. The third-order valence-electron chi connectivity index (χ3n) is 6.86. The van der Waals surface area contributed by atoms with Crippen molar-refractivity contribution in [3.8, 4) is 11.3 Å². The largest absolute Gasteiger partial charge is 0.457 e. The molecule has 0 bridgehead atoms. The van der Waals surface area contributed by atoms with Crippen LogP contribution in [0.5, 0.6) is 0 Å². The van der Waals surface area contributed by atoms with Crippen LogP contribution in [0.1, 0.15) is 29.9 Å². The maximum Gasteiger partial charge on any atom is 0.416 e. The number of hydrogen-bond acceptors (Lipinski definition) is 5. The molecule has 1 amide bonds. The van der Waals surface area contributed by atoms with Gasteiger partial charge in [-0.15, -0.1) is 0 Å². The summed E-state index contributed by atoms with van der Waals surface area (Å²) in [4.78, 5) is 32.5. The molecule has 3 heterocycles. The lowest BCUT2D eigenvalue weighted by molar-refractivity contribution is -0.137. The lowest BCUT2D eigenvalue weighted by atomic mass is 9.95. The van der Waals surface area contributed by atoms with E-state index >= 15 is 0 Å². The fourth-order valence-electron chi connectivity index (χ4n) is 4.86. The van der Waals surface area contributed by atoms with Gasteiger partial charge in [-0.1, -0.05) is 65.4 Å². The third-order valence-corrected chi connectivity index (χ3v) is 8.09. The van der Waals surface area contributed by atoms with Gasteiger partial charge >= 0.3 is 6.18 Å². The van der Waals surface area contributed by atoms with E-state index < -0.39 is 29.2 Å². The Labute approximate surface area is 251 Å². The Morgan fingerprint density at radius 3 is 2.49 bits per heavy atom. The second-order valence-corrected chi connectivity index (χ2v) is 11.2. The second kappa shape index (κ2) is 11.2. The highest BCUT2D eigenvalue weighted by atomic mass is 35.5. The fourth-order valence-corrected chi connectivity index (χ4v) is 6.01. The summed E-state index contributed by atoms with van der Waals surface area (Å²) < 4.78 is 47.2. The smallest absolute Gasteiger partial charge is 0.416 e. The van der Waals surface area contributed by atoms with Crippen LogP contribution in [0.4, 0.5) is 18.9 Å². The number of para-hydroxylation sites is 1. The van der Waals surface area contributed by atoms with E-state index in [1.807, 2.05) is 6.07 Å². The Morgan fingerprint density at radius 2 is 1.77 bits per heavy atom. The molecule has 5 aromatic rings. The molecule has 43 heavy (non-hydrogen) atoms. The van der Waals surface area contributed by atoms with Gasteiger partial charge in [-0.25, -0.2) is 4.99 Å². The van der Waals surface area contributed by atoms with Crippen LogP contribution in [-0.4, -0.2) is 10.5 Å². The number of carbonyl (C=O) groups excluding carboxylic acids is 1. The molecule has 3 aromatic carbocycles. The molecule has 2 aromatic heterocycles. The van der Waals surface area contributed by atoms with Gasteiger partial charge in [0.2, 0.25) is 0 Å². The molecule has 6 nitrogen and oxygen atoms in total. The zero-order valence-electron chi connectivity index (χ0n) is 22.4. The highest BCUT2D eigenvalue weighted by Crippen LogP contribution is 2.33. The van der Waals surface area contributed by atoms with E-state index in [0.717, 1.165) is 23.5 Å². The molecule has 11 heteroatoms. The van der Waals surface area contributed by atoms with E-state index in [9.17, 15) is 22.8 Å². The minimum Gasteiger partial charge on any atom is -0.457 e. The van der Waals surface area contributed by atoms with Gasteiger partial charge in [0.05, 0.1) is 27.4 Å². The van der Waals surface area contributed by atoms with Crippen LogP contribution in [0.2, 0.25) is 5.02 Å². The lowest BCUT2D eigenvalue weighted by Gasteiger charge is -2.25. The summed E-state index contributed by atoms with van der Waals surface area (Å²) in [6, 6.07) is 23.0. The van der Waals surface area contributed by atoms with Crippen molar-refractivity contribution >= 4 is 40.6 Å². The Hall–Kier alpha value is -4.67. The van der Waals surface area contributed by atoms with Gasteiger partial charge in [0.1, 0.15) is 11.5 Å². The highest BCUT2D eigenvalue weighted by Gasteiger charge is 2.33. The Bertz CT molecular complexity index is 2060. The molecule has 216 valence electrons. The Balaban J connectivity index is 1.42. The number of alkyl halides is 3. The van der Waals surface area contributed by atoms with Gasteiger partial charge < -0.3 is 9.73 Å². The standard InChI is InChI=1S/C32H21ClF3N3O3S/c1-18-27(29(40)38-23-8-3-2-4-9-23)28(19-10-12-22(33)13-11-19)39-30(41)26(43-31(39)37-18)17-24-14-15-25(42-24)20-6-5-7-21(16-20)32(34,35)36/h2-17,28H,1H3,(H,38,40)/b26-17-. The molecular weight excluding hydrogens is 599 g/mol. The van der Waals surface area contributed by atoms with E-state index in [2.05, 4.69) is 10.3 Å².